The van der Waals surface area contributed by atoms with Crippen molar-refractivity contribution in [3.63, 3.8) is 0 Å². The summed E-state index contributed by atoms with van der Waals surface area (Å²) in [6, 6.07) is 17.3. The molecule has 6 nitrogen and oxygen atoms in total. The van der Waals surface area contributed by atoms with Gasteiger partial charge in [-0.3, -0.25) is 10.2 Å². The van der Waals surface area contributed by atoms with E-state index in [4.69, 9.17) is 12.2 Å². The third-order valence-corrected chi connectivity index (χ3v) is 4.13. The molecule has 3 rings (SSSR count). The summed E-state index contributed by atoms with van der Waals surface area (Å²) >= 11 is 5.09. The number of carbonyl (C=O) groups excluding carboxylic acids is 1. The van der Waals surface area contributed by atoms with Gasteiger partial charge in [-0.25, -0.2) is 0 Å². The van der Waals surface area contributed by atoms with Gasteiger partial charge in [0.15, 0.2) is 5.11 Å². The average Bonchev–Trinajstić information content (AvgIpc) is 3.00. The molecule has 3 N–H and O–H groups in total. The van der Waals surface area contributed by atoms with Gasteiger partial charge in [0, 0.05) is 34.9 Å². The molecule has 0 saturated carbocycles. The van der Waals surface area contributed by atoms with Gasteiger partial charge in [-0.05, 0) is 37.3 Å². The van der Waals surface area contributed by atoms with Crippen LogP contribution in [0.15, 0.2) is 65.9 Å². The summed E-state index contributed by atoms with van der Waals surface area (Å²) in [6.07, 6.45) is 3.62. The van der Waals surface area contributed by atoms with Crippen LogP contribution in [0.25, 0.3) is 10.9 Å². The Balaban J connectivity index is 1.77. The first-order valence-corrected chi connectivity index (χ1v) is 9.08. The molecular formula is C20H21N5OS. The number of carbonyl (C=O) groups is 1. The van der Waals surface area contributed by atoms with Crippen LogP contribution in [-0.4, -0.2) is 28.3 Å². The standard InChI is InChI=1S/C20H21N5OS/c1-2-21-20(27)24-22-12-15-13-25(18-11-7-6-10-17(15)18)14-19(26)23-16-8-4-3-5-9-16/h3-13H,2,14H2,1H3,(H,23,26)(H2,21,24,27). The van der Waals surface area contributed by atoms with Gasteiger partial charge in [-0.1, -0.05) is 36.4 Å². The third kappa shape index (κ3) is 4.92. The zero-order chi connectivity index (χ0) is 19.1. The Hall–Kier alpha value is -3.19. The molecule has 0 bridgehead atoms. The van der Waals surface area contributed by atoms with Crippen LogP contribution < -0.4 is 16.1 Å². The van der Waals surface area contributed by atoms with Crippen molar-refractivity contribution in [1.82, 2.24) is 15.3 Å². The molecule has 27 heavy (non-hydrogen) atoms. The van der Waals surface area contributed by atoms with Crippen LogP contribution in [-0.2, 0) is 11.3 Å². The summed E-state index contributed by atoms with van der Waals surface area (Å²) in [6.45, 7) is 2.91. The van der Waals surface area contributed by atoms with Gasteiger partial charge in [0.25, 0.3) is 0 Å². The highest BCUT2D eigenvalue weighted by Crippen LogP contribution is 2.20. The van der Waals surface area contributed by atoms with E-state index in [0.29, 0.717) is 5.11 Å². The maximum absolute atomic E-state index is 12.4. The molecule has 0 fully saturated rings. The zero-order valence-corrected chi connectivity index (χ0v) is 15.8. The number of rotatable bonds is 6. The van der Waals surface area contributed by atoms with Crippen molar-refractivity contribution in [1.29, 1.82) is 0 Å². The Labute approximate surface area is 163 Å². The normalized spacial score (nSPS) is 10.9. The van der Waals surface area contributed by atoms with E-state index >= 15 is 0 Å². The summed E-state index contributed by atoms with van der Waals surface area (Å²) in [4.78, 5) is 12.4. The molecule has 3 aromatic rings. The molecule has 1 aromatic heterocycles. The molecule has 0 radical (unpaired) electrons. The molecule has 0 aliphatic heterocycles. The Kier molecular flexibility index (Phi) is 6.17. The number of anilines is 1. The summed E-state index contributed by atoms with van der Waals surface area (Å²) in [5, 5.41) is 11.5. The van der Waals surface area contributed by atoms with Gasteiger partial charge < -0.3 is 15.2 Å². The third-order valence-electron chi connectivity index (χ3n) is 3.90. The molecule has 2 aromatic carbocycles. The number of para-hydroxylation sites is 2. The number of nitrogens with zero attached hydrogens (tertiary/aromatic N) is 2. The van der Waals surface area contributed by atoms with E-state index in [2.05, 4.69) is 21.2 Å². The van der Waals surface area contributed by atoms with E-state index in [-0.39, 0.29) is 12.5 Å². The smallest absolute Gasteiger partial charge is 0.244 e. The molecule has 0 saturated heterocycles. The topological polar surface area (TPSA) is 70.5 Å². The highest BCUT2D eigenvalue weighted by molar-refractivity contribution is 7.80. The van der Waals surface area contributed by atoms with Crippen LogP contribution in [0.1, 0.15) is 12.5 Å². The predicted octanol–water partition coefficient (Wildman–Crippen LogP) is 3.10. The summed E-state index contributed by atoms with van der Waals surface area (Å²) in [5.41, 5.74) is 5.44. The van der Waals surface area contributed by atoms with Crippen LogP contribution in [0.3, 0.4) is 0 Å². The summed E-state index contributed by atoms with van der Waals surface area (Å²) in [5.74, 6) is -0.0862. The fourth-order valence-corrected chi connectivity index (χ4v) is 2.94. The first-order chi connectivity index (χ1) is 13.2. The van der Waals surface area contributed by atoms with Gasteiger partial charge in [-0.15, -0.1) is 0 Å². The lowest BCUT2D eigenvalue weighted by Crippen LogP contribution is -2.31. The molecular weight excluding hydrogens is 358 g/mol. The van der Waals surface area contributed by atoms with Gasteiger partial charge in [0.2, 0.25) is 5.91 Å². The Morgan fingerprint density at radius 3 is 2.67 bits per heavy atom. The molecule has 0 aliphatic carbocycles. The largest absolute Gasteiger partial charge is 0.362 e. The molecule has 0 aliphatic rings. The second-order valence-corrected chi connectivity index (χ2v) is 6.28. The molecule has 0 unspecified atom stereocenters. The Morgan fingerprint density at radius 1 is 1.15 bits per heavy atom. The molecule has 0 spiro atoms. The molecule has 138 valence electrons. The number of nitrogens with one attached hydrogen (secondary N) is 3. The van der Waals surface area contributed by atoms with E-state index < -0.39 is 0 Å². The van der Waals surface area contributed by atoms with E-state index in [1.54, 1.807) is 6.21 Å². The van der Waals surface area contributed by atoms with Crippen LogP contribution in [0.4, 0.5) is 5.69 Å². The van der Waals surface area contributed by atoms with E-state index in [1.807, 2.05) is 72.3 Å². The van der Waals surface area contributed by atoms with Crippen molar-refractivity contribution in [3.8, 4) is 0 Å². The zero-order valence-electron chi connectivity index (χ0n) is 15.0. The summed E-state index contributed by atoms with van der Waals surface area (Å²) < 4.78 is 1.91. The maximum atomic E-state index is 12.4. The highest BCUT2D eigenvalue weighted by Gasteiger charge is 2.10. The number of thiocarbonyl (C=S) groups is 1. The molecule has 0 atom stereocenters. The fourth-order valence-electron chi connectivity index (χ4n) is 2.75. The average molecular weight is 379 g/mol. The van der Waals surface area contributed by atoms with Crippen LogP contribution in [0.2, 0.25) is 0 Å². The molecule has 1 heterocycles. The fraction of sp³-hybridized carbons (Fsp3) is 0.150. The quantitative estimate of drug-likeness (QED) is 0.350. The van der Waals surface area contributed by atoms with Crippen molar-refractivity contribution < 1.29 is 4.79 Å². The first-order valence-electron chi connectivity index (χ1n) is 8.67. The minimum Gasteiger partial charge on any atom is -0.362 e. The van der Waals surface area contributed by atoms with Crippen molar-refractivity contribution in [2.45, 2.75) is 13.5 Å². The van der Waals surface area contributed by atoms with Crippen molar-refractivity contribution in [3.05, 3.63) is 66.4 Å². The van der Waals surface area contributed by atoms with Crippen molar-refractivity contribution in [2.75, 3.05) is 11.9 Å². The second kappa shape index (κ2) is 8.95. The maximum Gasteiger partial charge on any atom is 0.244 e. The number of hydrazone groups is 1. The number of aromatic nitrogens is 1. The van der Waals surface area contributed by atoms with E-state index in [1.165, 1.54) is 0 Å². The predicted molar refractivity (Wildman–Crippen MR) is 114 cm³/mol. The van der Waals surface area contributed by atoms with Crippen molar-refractivity contribution in [2.24, 2.45) is 5.10 Å². The lowest BCUT2D eigenvalue weighted by molar-refractivity contribution is -0.116. The number of hydrogen-bond donors (Lipinski definition) is 3. The van der Waals surface area contributed by atoms with E-state index in [9.17, 15) is 4.79 Å². The number of benzene rings is 2. The monoisotopic (exact) mass is 379 g/mol. The van der Waals surface area contributed by atoms with Crippen LogP contribution in [0, 0.1) is 0 Å². The minimum atomic E-state index is -0.0862. The van der Waals surface area contributed by atoms with Crippen LogP contribution in [0.5, 0.6) is 0 Å². The second-order valence-electron chi connectivity index (χ2n) is 5.87. The first kappa shape index (κ1) is 18.6. The van der Waals surface area contributed by atoms with Gasteiger partial charge in [0.1, 0.15) is 6.54 Å². The van der Waals surface area contributed by atoms with Gasteiger partial charge in [0.05, 0.1) is 6.21 Å². The lowest BCUT2D eigenvalue weighted by atomic mass is 10.2. The van der Waals surface area contributed by atoms with E-state index in [0.717, 1.165) is 28.7 Å². The number of amides is 1. The number of fused-ring (bicyclic) bond motifs is 1. The molecule has 7 heteroatoms. The summed E-state index contributed by atoms with van der Waals surface area (Å²) in [7, 11) is 0. The number of hydrogen-bond acceptors (Lipinski definition) is 3. The lowest BCUT2D eigenvalue weighted by Gasteiger charge is -2.07. The highest BCUT2D eigenvalue weighted by atomic mass is 32.1. The molecule has 1 amide bonds. The SMILES string of the molecule is CCNC(=S)NN=Cc1cn(CC(=O)Nc2ccccc2)c2ccccc12. The minimum absolute atomic E-state index is 0.0862. The Morgan fingerprint density at radius 2 is 1.89 bits per heavy atom. The van der Waals surface area contributed by atoms with Gasteiger partial charge >= 0.3 is 0 Å². The van der Waals surface area contributed by atoms with Crippen LogP contribution >= 0.6 is 12.2 Å². The Bertz CT molecular complexity index is 965. The van der Waals surface area contributed by atoms with Gasteiger partial charge in [-0.2, -0.15) is 5.10 Å². The van der Waals surface area contributed by atoms with Crippen molar-refractivity contribution >= 4 is 46.0 Å².